The summed E-state index contributed by atoms with van der Waals surface area (Å²) in [5.41, 5.74) is 1.46. The summed E-state index contributed by atoms with van der Waals surface area (Å²) < 4.78 is 16.4. The Morgan fingerprint density at radius 3 is 2.77 bits per heavy atom. The van der Waals surface area contributed by atoms with Crippen LogP contribution in [0.15, 0.2) is 36.8 Å². The Kier molecular flexibility index (Phi) is 6.52. The number of fused-ring (bicyclic) bond motifs is 3. The van der Waals surface area contributed by atoms with Crippen molar-refractivity contribution in [2.75, 3.05) is 50.7 Å². The van der Waals surface area contributed by atoms with E-state index in [1.165, 1.54) is 0 Å². The van der Waals surface area contributed by atoms with E-state index in [9.17, 15) is 4.79 Å². The quantitative estimate of drug-likeness (QED) is 0.576. The highest BCUT2D eigenvalue weighted by Gasteiger charge is 2.10. The van der Waals surface area contributed by atoms with Crippen molar-refractivity contribution in [1.29, 1.82) is 0 Å². The number of amides is 1. The summed E-state index contributed by atoms with van der Waals surface area (Å²) >= 11 is 0. The van der Waals surface area contributed by atoms with Crippen LogP contribution >= 0.6 is 0 Å². The number of carbonyl (C=O) groups excluding carboxylic acids is 1. The van der Waals surface area contributed by atoms with E-state index in [2.05, 4.69) is 37.4 Å². The number of nitrogens with zero attached hydrogens (tertiary/aromatic N) is 3. The van der Waals surface area contributed by atoms with Crippen LogP contribution in [-0.2, 0) is 14.3 Å². The van der Waals surface area contributed by atoms with Crippen LogP contribution in [0.2, 0.25) is 0 Å². The highest BCUT2D eigenvalue weighted by atomic mass is 16.5. The van der Waals surface area contributed by atoms with E-state index >= 15 is 0 Å². The predicted molar refractivity (Wildman–Crippen MR) is 115 cm³/mol. The van der Waals surface area contributed by atoms with Crippen molar-refractivity contribution < 1.29 is 19.0 Å². The van der Waals surface area contributed by atoms with Crippen molar-refractivity contribution in [3.05, 3.63) is 47.9 Å². The van der Waals surface area contributed by atoms with Crippen LogP contribution in [0.3, 0.4) is 0 Å². The normalized spacial score (nSPS) is 14.9. The van der Waals surface area contributed by atoms with Crippen molar-refractivity contribution >= 4 is 28.3 Å². The van der Waals surface area contributed by atoms with Gasteiger partial charge in [0, 0.05) is 48.0 Å². The topological polar surface area (TPSA) is 107 Å². The lowest BCUT2D eigenvalue weighted by Gasteiger charge is -2.10. The second-order valence-electron chi connectivity index (χ2n) is 6.58. The monoisotopic (exact) mass is 419 g/mol. The Bertz CT molecular complexity index is 1160. The second-order valence-corrected chi connectivity index (χ2v) is 6.58. The number of pyridine rings is 3. The molecule has 4 rings (SSSR count). The van der Waals surface area contributed by atoms with Gasteiger partial charge in [0.1, 0.15) is 24.8 Å². The molecule has 1 amide bonds. The molecule has 0 aromatic carbocycles. The summed E-state index contributed by atoms with van der Waals surface area (Å²) in [7, 11) is 1.79. The van der Waals surface area contributed by atoms with Gasteiger partial charge in [0.25, 0.3) is 5.91 Å². The van der Waals surface area contributed by atoms with Gasteiger partial charge in [-0.05, 0) is 12.1 Å². The zero-order valence-electron chi connectivity index (χ0n) is 17.0. The average molecular weight is 419 g/mol. The Morgan fingerprint density at radius 1 is 1.00 bits per heavy atom. The van der Waals surface area contributed by atoms with Gasteiger partial charge in [-0.15, -0.1) is 0 Å². The van der Waals surface area contributed by atoms with E-state index in [1.807, 2.05) is 0 Å². The van der Waals surface area contributed by atoms with E-state index in [-0.39, 0.29) is 12.5 Å². The van der Waals surface area contributed by atoms with Crippen molar-refractivity contribution in [3.8, 4) is 17.7 Å². The van der Waals surface area contributed by atoms with Crippen LogP contribution < -0.4 is 15.4 Å². The molecule has 0 spiro atoms. The number of rotatable bonds is 1. The second kappa shape index (κ2) is 9.84. The molecule has 0 unspecified atom stereocenters. The zero-order valence-corrected chi connectivity index (χ0v) is 17.0. The first-order chi connectivity index (χ1) is 15.2. The molecule has 9 heteroatoms. The first kappa shape index (κ1) is 20.5. The zero-order chi connectivity index (χ0) is 21.5. The highest BCUT2D eigenvalue weighted by Crippen LogP contribution is 2.25. The van der Waals surface area contributed by atoms with E-state index in [0.29, 0.717) is 49.5 Å². The van der Waals surface area contributed by atoms with Gasteiger partial charge >= 0.3 is 0 Å². The molecule has 1 aliphatic rings. The van der Waals surface area contributed by atoms with Gasteiger partial charge in [0.15, 0.2) is 0 Å². The maximum atomic E-state index is 12.2. The Hall–Kier alpha value is -3.74. The molecule has 3 aromatic heterocycles. The molecule has 0 aliphatic carbocycles. The molecule has 9 nitrogen and oxygen atoms in total. The van der Waals surface area contributed by atoms with Gasteiger partial charge in [-0.3, -0.25) is 4.79 Å². The molecule has 0 atom stereocenters. The van der Waals surface area contributed by atoms with Crippen LogP contribution in [0.1, 0.15) is 11.1 Å². The maximum absolute atomic E-state index is 12.2. The third-order valence-electron chi connectivity index (χ3n) is 4.44. The fourth-order valence-electron chi connectivity index (χ4n) is 2.98. The van der Waals surface area contributed by atoms with Crippen molar-refractivity contribution in [3.63, 3.8) is 0 Å². The molecular weight excluding hydrogens is 398 g/mol. The number of hydrogen-bond acceptors (Lipinski definition) is 8. The number of aromatic nitrogens is 3. The van der Waals surface area contributed by atoms with Gasteiger partial charge in [-0.25, -0.2) is 15.0 Å². The first-order valence-electron chi connectivity index (χ1n) is 9.75. The van der Waals surface area contributed by atoms with Gasteiger partial charge in [0.2, 0.25) is 5.88 Å². The Balaban J connectivity index is 1.74. The minimum Gasteiger partial charge on any atom is -0.475 e. The van der Waals surface area contributed by atoms with Crippen LogP contribution in [0.4, 0.5) is 11.6 Å². The minimum atomic E-state index is -0.300. The van der Waals surface area contributed by atoms with Gasteiger partial charge < -0.3 is 24.8 Å². The fraction of sp³-hybridized carbons (Fsp3) is 0.273. The lowest BCUT2D eigenvalue weighted by atomic mass is 10.1. The summed E-state index contributed by atoms with van der Waals surface area (Å²) in [6.07, 6.45) is 4.99. The molecular formula is C22H21N5O4. The molecule has 158 valence electrons. The molecule has 31 heavy (non-hydrogen) atoms. The lowest BCUT2D eigenvalue weighted by Crippen LogP contribution is -2.20. The van der Waals surface area contributed by atoms with Crippen molar-refractivity contribution in [1.82, 2.24) is 15.0 Å². The molecule has 0 saturated carbocycles. The lowest BCUT2D eigenvalue weighted by molar-refractivity contribution is -0.121. The number of ether oxygens (including phenoxy) is 3. The first-order valence-corrected chi connectivity index (χ1v) is 9.75. The third kappa shape index (κ3) is 5.25. The van der Waals surface area contributed by atoms with Crippen LogP contribution in [0, 0.1) is 11.8 Å². The molecule has 2 N–H and O–H groups in total. The van der Waals surface area contributed by atoms with Crippen molar-refractivity contribution in [2.24, 2.45) is 0 Å². The largest absolute Gasteiger partial charge is 0.475 e. The number of anilines is 2. The fourth-order valence-corrected chi connectivity index (χ4v) is 2.98. The van der Waals surface area contributed by atoms with Gasteiger partial charge in [0.05, 0.1) is 25.4 Å². The number of nitrogens with one attached hydrogen (secondary N) is 2. The minimum absolute atomic E-state index is 0.0971. The third-order valence-corrected chi connectivity index (χ3v) is 4.44. The molecule has 4 heterocycles. The summed E-state index contributed by atoms with van der Waals surface area (Å²) in [5.74, 6) is 7.53. The van der Waals surface area contributed by atoms with Crippen LogP contribution in [0.5, 0.6) is 5.88 Å². The van der Waals surface area contributed by atoms with E-state index in [0.717, 1.165) is 16.3 Å². The van der Waals surface area contributed by atoms with E-state index in [4.69, 9.17) is 14.2 Å². The number of carbonyl (C=O) groups is 1. The molecule has 0 radical (unpaired) electrons. The summed E-state index contributed by atoms with van der Waals surface area (Å²) in [5, 5.41) is 7.41. The SMILES string of the molecule is CNc1ncc2c3cc(ncc13)NC(=O)COCCOCCOc1cc(ccn1)C#C2. The van der Waals surface area contributed by atoms with E-state index < -0.39 is 0 Å². The Morgan fingerprint density at radius 2 is 1.87 bits per heavy atom. The summed E-state index contributed by atoms with van der Waals surface area (Å²) in [6.45, 7) is 1.27. The standard InChI is InChI=1S/C22H21N5O4/c1-23-22-18-13-25-19-11-17(18)16(12-26-22)3-2-15-4-5-24-21(10-15)31-9-8-29-6-7-30-14-20(28)27-19/h4-5,10-13H,6-9,14H2,1H3,(H,23,26)(H,25,27,28). The van der Waals surface area contributed by atoms with Gasteiger partial charge in [-0.2, -0.15) is 0 Å². The smallest absolute Gasteiger partial charge is 0.251 e. The highest BCUT2D eigenvalue weighted by molar-refractivity contribution is 5.98. The number of hydrogen-bond donors (Lipinski definition) is 2. The molecule has 0 fully saturated rings. The van der Waals surface area contributed by atoms with Crippen molar-refractivity contribution in [2.45, 2.75) is 0 Å². The van der Waals surface area contributed by atoms with Crippen LogP contribution in [-0.4, -0.2) is 60.9 Å². The molecule has 1 aliphatic heterocycles. The molecule has 0 saturated heterocycles. The molecule has 4 bridgehead atoms. The van der Waals surface area contributed by atoms with Crippen LogP contribution in [0.25, 0.3) is 10.8 Å². The average Bonchev–Trinajstić information content (AvgIpc) is 2.79. The molecule has 3 aromatic rings. The summed E-state index contributed by atoms with van der Waals surface area (Å²) in [6, 6.07) is 5.36. The maximum Gasteiger partial charge on any atom is 0.251 e. The van der Waals surface area contributed by atoms with Gasteiger partial charge in [-0.1, -0.05) is 11.8 Å². The van der Waals surface area contributed by atoms with E-state index in [1.54, 1.807) is 43.8 Å². The Labute approximate surface area is 179 Å². The predicted octanol–water partition coefficient (Wildman–Crippen LogP) is 1.83. The summed E-state index contributed by atoms with van der Waals surface area (Å²) in [4.78, 5) is 25.1.